The third kappa shape index (κ3) is 4.50. The smallest absolute Gasteiger partial charge is 0.160 e. The van der Waals surface area contributed by atoms with Crippen LogP contribution < -0.4 is 0 Å². The van der Waals surface area contributed by atoms with E-state index in [0.717, 1.165) is 33.9 Å². The first-order valence-corrected chi connectivity index (χ1v) is 18.3. The number of hydrogen-bond acceptors (Lipinski definition) is 2. The van der Waals surface area contributed by atoms with Crippen molar-refractivity contribution in [2.75, 3.05) is 0 Å². The SMILES string of the molecule is CC1(C)c2cc3ccccc3cc2-c2c(-c3cc(-c4cccc(-c5cccc6c5C(C)(C)c5ccccc5-6)c4)nc(-c4ccccc4)n3)cccc21. The molecule has 52 heavy (non-hydrogen) atoms. The summed E-state index contributed by atoms with van der Waals surface area (Å²) < 4.78 is 0. The molecule has 1 heterocycles. The molecule has 0 aliphatic heterocycles. The molecule has 0 N–H and O–H groups in total. The number of nitrogens with zero attached hydrogens (tertiary/aromatic N) is 2. The molecule has 0 spiro atoms. The van der Waals surface area contributed by atoms with Crippen LogP contribution in [-0.4, -0.2) is 9.97 Å². The van der Waals surface area contributed by atoms with E-state index in [9.17, 15) is 0 Å². The van der Waals surface area contributed by atoms with Crippen LogP contribution in [0.3, 0.4) is 0 Å². The highest BCUT2D eigenvalue weighted by Gasteiger charge is 2.38. The van der Waals surface area contributed by atoms with Gasteiger partial charge in [-0.05, 0) is 90.7 Å². The van der Waals surface area contributed by atoms with E-state index < -0.39 is 0 Å². The zero-order chi connectivity index (χ0) is 35.2. The van der Waals surface area contributed by atoms with Crippen molar-refractivity contribution in [3.63, 3.8) is 0 Å². The van der Waals surface area contributed by atoms with Gasteiger partial charge in [-0.15, -0.1) is 0 Å². The third-order valence-corrected chi connectivity index (χ3v) is 11.6. The standard InChI is InChI=1S/C50H38N2/c1-49(2)42-26-14-24-39(46(42)40-28-32-17-8-9-18-33(32)29-43(40)49)45-30-44(51-48(52-45)31-15-6-5-7-16-31)35-20-12-19-34(27-35)36-22-13-23-38-37-21-10-11-25-41(37)50(3,4)47(36)38/h5-30H,1-4H3. The maximum Gasteiger partial charge on any atom is 0.160 e. The molecule has 0 fully saturated rings. The zero-order valence-corrected chi connectivity index (χ0v) is 29.9. The molecule has 0 saturated heterocycles. The molecule has 248 valence electrons. The minimum Gasteiger partial charge on any atom is -0.228 e. The van der Waals surface area contributed by atoms with E-state index in [0.29, 0.717) is 0 Å². The number of hydrogen-bond donors (Lipinski definition) is 0. The zero-order valence-electron chi connectivity index (χ0n) is 29.9. The molecule has 0 radical (unpaired) electrons. The van der Waals surface area contributed by atoms with Gasteiger partial charge < -0.3 is 0 Å². The predicted molar refractivity (Wildman–Crippen MR) is 216 cm³/mol. The fourth-order valence-electron chi connectivity index (χ4n) is 9.07. The Morgan fingerprint density at radius 1 is 0.365 bits per heavy atom. The van der Waals surface area contributed by atoms with Gasteiger partial charge in [0.1, 0.15) is 0 Å². The number of fused-ring (bicyclic) bond motifs is 7. The van der Waals surface area contributed by atoms with E-state index >= 15 is 0 Å². The number of benzene rings is 7. The molecule has 7 aromatic carbocycles. The lowest BCUT2D eigenvalue weighted by Gasteiger charge is -2.24. The van der Waals surface area contributed by atoms with Crippen LogP contribution >= 0.6 is 0 Å². The highest BCUT2D eigenvalue weighted by atomic mass is 14.9. The van der Waals surface area contributed by atoms with Crippen LogP contribution in [0.15, 0.2) is 158 Å². The average Bonchev–Trinajstić information content (AvgIpc) is 3.56. The summed E-state index contributed by atoms with van der Waals surface area (Å²) in [7, 11) is 0. The summed E-state index contributed by atoms with van der Waals surface area (Å²) in [5, 5.41) is 2.53. The van der Waals surface area contributed by atoms with E-state index in [1.807, 2.05) is 6.07 Å². The Morgan fingerprint density at radius 3 is 1.81 bits per heavy atom. The van der Waals surface area contributed by atoms with Crippen LogP contribution in [0.2, 0.25) is 0 Å². The monoisotopic (exact) mass is 666 g/mol. The minimum atomic E-state index is -0.138. The van der Waals surface area contributed by atoms with Crippen LogP contribution in [-0.2, 0) is 10.8 Å². The van der Waals surface area contributed by atoms with Crippen molar-refractivity contribution in [1.29, 1.82) is 0 Å². The molecule has 0 saturated carbocycles. The fourth-order valence-corrected chi connectivity index (χ4v) is 9.07. The third-order valence-electron chi connectivity index (χ3n) is 11.6. The van der Waals surface area contributed by atoms with Gasteiger partial charge in [0.2, 0.25) is 0 Å². The molecular weight excluding hydrogens is 629 g/mol. The highest BCUT2D eigenvalue weighted by Crippen LogP contribution is 2.54. The highest BCUT2D eigenvalue weighted by molar-refractivity contribution is 5.98. The van der Waals surface area contributed by atoms with Crippen molar-refractivity contribution in [3.8, 4) is 67.3 Å². The minimum absolute atomic E-state index is 0.107. The predicted octanol–water partition coefficient (Wildman–Crippen LogP) is 12.9. The van der Waals surface area contributed by atoms with Crippen LogP contribution in [0.25, 0.3) is 78.1 Å². The molecule has 2 nitrogen and oxygen atoms in total. The van der Waals surface area contributed by atoms with Gasteiger partial charge in [0.05, 0.1) is 11.4 Å². The summed E-state index contributed by atoms with van der Waals surface area (Å²) in [6.07, 6.45) is 0. The molecule has 0 bridgehead atoms. The normalized spacial score (nSPS) is 14.5. The Balaban J connectivity index is 1.17. The first kappa shape index (κ1) is 30.7. The first-order chi connectivity index (χ1) is 25.3. The largest absolute Gasteiger partial charge is 0.228 e. The van der Waals surface area contributed by atoms with E-state index in [2.05, 4.69) is 179 Å². The summed E-state index contributed by atoms with van der Waals surface area (Å²) >= 11 is 0. The Morgan fingerprint density at radius 2 is 0.962 bits per heavy atom. The van der Waals surface area contributed by atoms with Crippen molar-refractivity contribution < 1.29 is 0 Å². The summed E-state index contributed by atoms with van der Waals surface area (Å²) in [6, 6.07) is 57.3. The second kappa shape index (κ2) is 11.2. The number of aromatic nitrogens is 2. The molecule has 0 amide bonds. The lowest BCUT2D eigenvalue weighted by atomic mass is 9.78. The molecule has 0 unspecified atom stereocenters. The summed E-state index contributed by atoms with van der Waals surface area (Å²) in [5.41, 5.74) is 18.0. The van der Waals surface area contributed by atoms with Crippen molar-refractivity contribution in [3.05, 3.63) is 180 Å². The van der Waals surface area contributed by atoms with Gasteiger partial charge >= 0.3 is 0 Å². The van der Waals surface area contributed by atoms with E-state index in [4.69, 9.17) is 9.97 Å². The van der Waals surface area contributed by atoms with E-state index in [1.54, 1.807) is 0 Å². The lowest BCUT2D eigenvalue weighted by molar-refractivity contribution is 0.661. The molecule has 2 heteroatoms. The van der Waals surface area contributed by atoms with Crippen LogP contribution in [0.1, 0.15) is 49.9 Å². The van der Waals surface area contributed by atoms with Gasteiger partial charge in [-0.3, -0.25) is 0 Å². The van der Waals surface area contributed by atoms with Crippen LogP contribution in [0.4, 0.5) is 0 Å². The van der Waals surface area contributed by atoms with Gasteiger partial charge in [0, 0.05) is 27.5 Å². The van der Waals surface area contributed by atoms with Gasteiger partial charge in [-0.25, -0.2) is 9.97 Å². The maximum atomic E-state index is 5.32. The van der Waals surface area contributed by atoms with Gasteiger partial charge in [-0.1, -0.05) is 161 Å². The second-order valence-corrected chi connectivity index (χ2v) is 15.4. The maximum absolute atomic E-state index is 5.32. The van der Waals surface area contributed by atoms with Crippen molar-refractivity contribution in [2.24, 2.45) is 0 Å². The van der Waals surface area contributed by atoms with Crippen LogP contribution in [0, 0.1) is 0 Å². The number of rotatable bonds is 4. The molecular formula is C50H38N2. The van der Waals surface area contributed by atoms with Gasteiger partial charge in [-0.2, -0.15) is 0 Å². The molecule has 1 aromatic heterocycles. The first-order valence-electron chi connectivity index (χ1n) is 18.3. The Bertz CT molecular complexity index is 2730. The van der Waals surface area contributed by atoms with Crippen LogP contribution in [0.5, 0.6) is 0 Å². The fraction of sp³-hybridized carbons (Fsp3) is 0.120. The Labute approximate surface area is 305 Å². The Hall–Kier alpha value is -6.12. The Kier molecular flexibility index (Phi) is 6.60. The molecule has 2 aliphatic rings. The van der Waals surface area contributed by atoms with Gasteiger partial charge in [0.25, 0.3) is 0 Å². The van der Waals surface area contributed by atoms with Crippen molar-refractivity contribution >= 4 is 10.8 Å². The average molecular weight is 667 g/mol. The van der Waals surface area contributed by atoms with Crippen molar-refractivity contribution in [2.45, 2.75) is 38.5 Å². The topological polar surface area (TPSA) is 25.8 Å². The molecule has 8 aromatic rings. The lowest BCUT2D eigenvalue weighted by Crippen LogP contribution is -2.16. The van der Waals surface area contributed by atoms with Gasteiger partial charge in [0.15, 0.2) is 5.82 Å². The van der Waals surface area contributed by atoms with Crippen molar-refractivity contribution in [1.82, 2.24) is 9.97 Å². The van der Waals surface area contributed by atoms with E-state index in [-0.39, 0.29) is 10.8 Å². The molecule has 2 aliphatic carbocycles. The second-order valence-electron chi connectivity index (χ2n) is 15.4. The summed E-state index contributed by atoms with van der Waals surface area (Å²) in [5.74, 6) is 0.726. The molecule has 0 atom stereocenters. The molecule has 10 rings (SSSR count). The summed E-state index contributed by atoms with van der Waals surface area (Å²) in [4.78, 5) is 10.6. The summed E-state index contributed by atoms with van der Waals surface area (Å²) in [6.45, 7) is 9.41. The quantitative estimate of drug-likeness (QED) is 0.187. The van der Waals surface area contributed by atoms with E-state index in [1.165, 1.54) is 66.4 Å².